The van der Waals surface area contributed by atoms with Crippen LogP contribution in [-0.2, 0) is 146 Å². The number of ether oxygens (including phenoxy) is 14. The maximum Gasteiger partial charge on any atom is 0.374 e. The lowest BCUT2D eigenvalue weighted by molar-refractivity contribution is -0.145. The van der Waals surface area contributed by atoms with Crippen LogP contribution in [-0.4, -0.2) is 133 Å². The van der Waals surface area contributed by atoms with Gasteiger partial charge in [0.15, 0.2) is 0 Å². The second kappa shape index (κ2) is 51.7. The summed E-state index contributed by atoms with van der Waals surface area (Å²) in [5.74, 6) is -1.57. The molecule has 0 fully saturated rings. The first-order chi connectivity index (χ1) is 48.9. The third-order valence-corrected chi connectivity index (χ3v) is 10.9. The number of rotatable bonds is 31. The molecule has 0 spiro atoms. The van der Waals surface area contributed by atoms with Crippen LogP contribution in [0.25, 0.3) is 0 Å². The van der Waals surface area contributed by atoms with Gasteiger partial charge in [-0.3, -0.25) is 33.6 Å². The van der Waals surface area contributed by atoms with Gasteiger partial charge >= 0.3 is 65.7 Å². The molecule has 0 saturated heterocycles. The van der Waals surface area contributed by atoms with Gasteiger partial charge in [0.05, 0.1) is 47.8 Å². The third kappa shape index (κ3) is 36.8. The number of hydrogen-bond donors (Lipinski definition) is 0. The zero-order valence-corrected chi connectivity index (χ0v) is 57.5. The highest BCUT2D eigenvalue weighted by atomic mass is 16.6. The van der Waals surface area contributed by atoms with Gasteiger partial charge in [-0.25, -0.2) is 33.6 Å². The van der Waals surface area contributed by atoms with Crippen molar-refractivity contribution in [2.24, 2.45) is 0 Å². The predicted octanol–water partition coefficient (Wildman–Crippen LogP) is 9.47. The van der Waals surface area contributed by atoms with Crippen molar-refractivity contribution in [3.05, 3.63) is 166 Å². The molecule has 0 aliphatic rings. The van der Waals surface area contributed by atoms with E-state index < -0.39 is 53.7 Å². The minimum Gasteiger partial charge on any atom is -0.463 e. The first-order valence-electron chi connectivity index (χ1n) is 30.2. The van der Waals surface area contributed by atoms with Crippen molar-refractivity contribution in [3.8, 4) is 0 Å². The van der Waals surface area contributed by atoms with Gasteiger partial charge in [-0.2, -0.15) is 0 Å². The number of esters is 11. The van der Waals surface area contributed by atoms with Crippen LogP contribution in [0.5, 0.6) is 0 Å². The fourth-order valence-electron chi connectivity index (χ4n) is 6.33. The van der Waals surface area contributed by atoms with E-state index in [2.05, 4.69) is 33.2 Å². The molecule has 0 aliphatic heterocycles. The first kappa shape index (κ1) is 87.6. The zero-order valence-electron chi connectivity index (χ0n) is 57.5. The van der Waals surface area contributed by atoms with Gasteiger partial charge in [0.1, 0.15) is 86.6 Å². The van der Waals surface area contributed by atoms with Crippen LogP contribution in [0.15, 0.2) is 116 Å². The second-order valence-electron chi connectivity index (χ2n) is 18.4. The van der Waals surface area contributed by atoms with Gasteiger partial charge in [-0.1, -0.05) is 20.8 Å². The summed E-state index contributed by atoms with van der Waals surface area (Å²) in [6, 6.07) is 21.2. The molecule has 0 aromatic carbocycles. The Morgan fingerprint density at radius 3 is 0.706 bits per heavy atom. The van der Waals surface area contributed by atoms with E-state index in [1.165, 1.54) is 83.7 Å². The molecule has 35 heteroatoms. The van der Waals surface area contributed by atoms with E-state index in [9.17, 15) is 67.1 Å². The molecule has 0 saturated carbocycles. The van der Waals surface area contributed by atoms with E-state index >= 15 is 0 Å². The number of furan rings is 7. The molecule has 0 N–H and O–H groups in total. The van der Waals surface area contributed by atoms with Crippen LogP contribution in [0, 0.1) is 0 Å². The molecule has 102 heavy (non-hydrogen) atoms. The smallest absolute Gasteiger partial charge is 0.374 e. The molecule has 0 bridgehead atoms. The van der Waals surface area contributed by atoms with E-state index in [-0.39, 0.29) is 98.5 Å². The second-order valence-corrected chi connectivity index (χ2v) is 18.4. The van der Waals surface area contributed by atoms with Gasteiger partial charge in [0, 0.05) is 26.7 Å². The van der Waals surface area contributed by atoms with E-state index in [0.717, 1.165) is 6.42 Å². The summed E-state index contributed by atoms with van der Waals surface area (Å²) in [6.07, 6.45) is 1.38. The highest BCUT2D eigenvalue weighted by molar-refractivity contribution is 5.89. The standard InChI is InChI=1S/C11H14O5.3C10H12O5.2C9H10O5.C8H8O5/c1-3-10(12)15-7-8-5-6-9(16-8)11(13)14-4-2;1-3-9(11)14-6-7-4-5-8(15-7)10(12)13-2;1-3-13-10(12)9-5-4-8(15-9)6-14-7(2)11;1-2-5-14-10(12)9-4-3-8(15-9)6-13-7-11;1-6(10)13-5-7-3-4-8(14-7)9(11)12-2;1-2-13-9(11)8-4-3-7(14-8)5-12-6-10;1-11-8(10)7-3-2-6(13-7)4-12-5-9/h5-6H,3-4,7H2,1-2H3;2*4-5H,3,6H2,1-2H3;3-4,7H,2,5-6H2,1H3;3-4H,5H2,1-2H3;3-4,6H,2,5H2,1H3;2-3,5H,4H2,1H3. The fraction of sp³-hybridized carbons (Fsp3) is 0.373. The maximum atomic E-state index is 11.3. The van der Waals surface area contributed by atoms with Gasteiger partial charge in [0.25, 0.3) is 19.4 Å². The predicted molar refractivity (Wildman–Crippen MR) is 337 cm³/mol. The van der Waals surface area contributed by atoms with Crippen LogP contribution < -0.4 is 0 Å². The summed E-state index contributed by atoms with van der Waals surface area (Å²) in [5, 5.41) is 0. The van der Waals surface area contributed by atoms with Gasteiger partial charge in [-0.05, 0) is 112 Å². The maximum absolute atomic E-state index is 11.3. The van der Waals surface area contributed by atoms with E-state index in [1.54, 1.807) is 71.0 Å². The van der Waals surface area contributed by atoms with Gasteiger partial charge in [0.2, 0.25) is 40.3 Å². The Morgan fingerprint density at radius 1 is 0.294 bits per heavy atom. The lowest BCUT2D eigenvalue weighted by atomic mass is 10.4. The molecule has 0 radical (unpaired) electrons. The summed E-state index contributed by atoms with van der Waals surface area (Å²) in [7, 11) is 3.78. The Kier molecular flexibility index (Phi) is 44.4. The van der Waals surface area contributed by atoms with E-state index in [1.807, 2.05) is 6.92 Å². The van der Waals surface area contributed by atoms with Crippen molar-refractivity contribution in [1.82, 2.24) is 0 Å². The molecule has 0 amide bonds. The highest BCUT2D eigenvalue weighted by Crippen LogP contribution is 2.16. The minimum absolute atomic E-state index is 0.0144. The van der Waals surface area contributed by atoms with E-state index in [0.29, 0.717) is 99.0 Å². The Morgan fingerprint density at radius 2 is 0.510 bits per heavy atom. The zero-order chi connectivity index (χ0) is 76.2. The summed E-state index contributed by atoms with van der Waals surface area (Å²) >= 11 is 0. The normalized spacial score (nSPS) is 9.64. The lowest BCUT2D eigenvalue weighted by Gasteiger charge is -2.00. The monoisotopic (exact) mass is 1440 g/mol. The van der Waals surface area contributed by atoms with Crippen LogP contribution in [0.1, 0.15) is 189 Å². The molecule has 7 rings (SSSR count). The van der Waals surface area contributed by atoms with Crippen LogP contribution in [0.3, 0.4) is 0 Å². The molecule has 0 atom stereocenters. The van der Waals surface area contributed by atoms with Gasteiger partial charge < -0.3 is 97.2 Å². The molecule has 7 heterocycles. The quantitative estimate of drug-likeness (QED) is 0.0222. The topological polar surface area (TPSA) is 460 Å². The van der Waals surface area contributed by atoms with Crippen molar-refractivity contribution in [2.45, 2.75) is 121 Å². The molecule has 35 nitrogen and oxygen atoms in total. The number of hydrogen-bond acceptors (Lipinski definition) is 35. The first-order valence-corrected chi connectivity index (χ1v) is 30.2. The summed E-state index contributed by atoms with van der Waals surface area (Å²) in [6.45, 7) is 15.4. The highest BCUT2D eigenvalue weighted by Gasteiger charge is 2.18. The molecule has 0 unspecified atom stereocenters. The summed E-state index contributed by atoms with van der Waals surface area (Å²) < 4.78 is 100. The average Bonchev–Trinajstić information content (AvgIpc) is 1.88. The Bertz CT molecular complexity index is 3680. The van der Waals surface area contributed by atoms with Crippen molar-refractivity contribution in [3.63, 3.8) is 0 Å². The van der Waals surface area contributed by atoms with Crippen LogP contribution in [0.2, 0.25) is 0 Å². The van der Waals surface area contributed by atoms with Crippen molar-refractivity contribution in [2.75, 3.05) is 47.8 Å². The van der Waals surface area contributed by atoms with E-state index in [4.69, 9.17) is 64.1 Å². The molecular formula is C67H78O35. The summed E-state index contributed by atoms with van der Waals surface area (Å²) in [5.41, 5.74) is 0. The molecule has 0 aliphatic carbocycles. The van der Waals surface area contributed by atoms with Crippen molar-refractivity contribution < 1.29 is 164 Å². The number of methoxy groups -OCH3 is 3. The van der Waals surface area contributed by atoms with Gasteiger partial charge in [-0.15, -0.1) is 0 Å². The van der Waals surface area contributed by atoms with Crippen LogP contribution in [0.4, 0.5) is 0 Å². The Balaban J connectivity index is 0.000000595. The number of carbonyl (C=O) groups is 14. The average molecular weight is 1440 g/mol. The largest absolute Gasteiger partial charge is 0.463 e. The molecule has 7 aromatic heterocycles. The third-order valence-electron chi connectivity index (χ3n) is 10.9. The minimum atomic E-state index is -0.558. The fourth-order valence-corrected chi connectivity index (χ4v) is 6.33. The molecule has 7 aromatic rings. The molecule has 556 valence electrons. The van der Waals surface area contributed by atoms with Crippen LogP contribution >= 0.6 is 0 Å². The summed E-state index contributed by atoms with van der Waals surface area (Å²) in [4.78, 5) is 150. The van der Waals surface area contributed by atoms with Crippen molar-refractivity contribution >= 4 is 85.1 Å². The molecular weight excluding hydrogens is 1360 g/mol. The van der Waals surface area contributed by atoms with Crippen molar-refractivity contribution in [1.29, 1.82) is 0 Å². The SMILES string of the molecule is CCC(=O)OCc1ccc(C(=O)OC)o1.CCCOC(=O)c1ccc(COC=O)o1.CCOC(=O)c1ccc(COC(=O)CC)o1.CCOC(=O)c1ccc(COC(C)=O)o1.CCOC(=O)c1ccc(COC=O)o1.COC(=O)c1ccc(COC(C)=O)o1.COC(=O)c1ccc(COC=O)o1. The number of carbonyl (C=O) groups excluding carboxylic acids is 14. The Hall–Kier alpha value is -12.5. The lowest BCUT2D eigenvalue weighted by Crippen LogP contribution is -2.04. The Labute approximate surface area is 581 Å².